The molecular weight excluding hydrogens is 222 g/mol. The third-order valence-corrected chi connectivity index (χ3v) is 2.45. The Labute approximate surface area is 90.8 Å². The number of carbonyl (C=O) groups is 1. The van der Waals surface area contributed by atoms with Crippen molar-refractivity contribution in [2.45, 2.75) is 6.92 Å². The van der Waals surface area contributed by atoms with Crippen LogP contribution in [-0.2, 0) is 4.74 Å². The van der Waals surface area contributed by atoms with Crippen LogP contribution >= 0.6 is 11.6 Å². The fraction of sp³-hybridized carbons (Fsp3) is 0.222. The van der Waals surface area contributed by atoms with E-state index in [1.165, 1.54) is 26.2 Å². The van der Waals surface area contributed by atoms with Crippen molar-refractivity contribution < 1.29 is 14.5 Å². The van der Waals surface area contributed by atoms with Crippen molar-refractivity contribution in [1.29, 1.82) is 0 Å². The standard InChI is InChI=1S/C9H8ClNO4/c1-5-6(9(12)15-2)3-4-7(8(5)10)11(13)14/h3-4H,1-2H3. The summed E-state index contributed by atoms with van der Waals surface area (Å²) in [6.07, 6.45) is 0. The highest BCUT2D eigenvalue weighted by atomic mass is 35.5. The topological polar surface area (TPSA) is 69.4 Å². The molecule has 15 heavy (non-hydrogen) atoms. The van der Waals surface area contributed by atoms with Gasteiger partial charge in [-0.3, -0.25) is 10.1 Å². The summed E-state index contributed by atoms with van der Waals surface area (Å²) in [6.45, 7) is 1.53. The van der Waals surface area contributed by atoms with Crippen LogP contribution in [0.1, 0.15) is 15.9 Å². The van der Waals surface area contributed by atoms with Gasteiger partial charge in [0.2, 0.25) is 0 Å². The smallest absolute Gasteiger partial charge is 0.338 e. The van der Waals surface area contributed by atoms with Gasteiger partial charge >= 0.3 is 5.97 Å². The Kier molecular flexibility index (Phi) is 3.26. The zero-order chi connectivity index (χ0) is 11.6. The lowest BCUT2D eigenvalue weighted by atomic mass is 10.1. The number of methoxy groups -OCH3 is 1. The molecule has 0 heterocycles. The highest BCUT2D eigenvalue weighted by Gasteiger charge is 2.19. The lowest BCUT2D eigenvalue weighted by Crippen LogP contribution is -2.05. The molecule has 80 valence electrons. The molecule has 0 saturated carbocycles. The minimum atomic E-state index is -0.601. The number of benzene rings is 1. The minimum Gasteiger partial charge on any atom is -0.465 e. The average molecular weight is 230 g/mol. The number of ether oxygens (including phenoxy) is 1. The third-order valence-electron chi connectivity index (χ3n) is 1.97. The van der Waals surface area contributed by atoms with E-state index >= 15 is 0 Å². The lowest BCUT2D eigenvalue weighted by Gasteiger charge is -2.05. The Morgan fingerprint density at radius 2 is 2.13 bits per heavy atom. The molecule has 0 bridgehead atoms. The molecule has 0 atom stereocenters. The minimum absolute atomic E-state index is 0.0390. The van der Waals surface area contributed by atoms with Gasteiger partial charge in [0.05, 0.1) is 17.6 Å². The molecule has 0 saturated heterocycles. The number of hydrogen-bond acceptors (Lipinski definition) is 4. The van der Waals surface area contributed by atoms with E-state index in [1.54, 1.807) is 0 Å². The summed E-state index contributed by atoms with van der Waals surface area (Å²) >= 11 is 5.74. The van der Waals surface area contributed by atoms with Gasteiger partial charge in [-0.2, -0.15) is 0 Å². The van der Waals surface area contributed by atoms with Crippen molar-refractivity contribution in [3.8, 4) is 0 Å². The van der Waals surface area contributed by atoms with Gasteiger partial charge in [-0.05, 0) is 18.6 Å². The third kappa shape index (κ3) is 2.07. The number of esters is 1. The first kappa shape index (κ1) is 11.5. The van der Waals surface area contributed by atoms with Crippen LogP contribution in [-0.4, -0.2) is 18.0 Å². The second-order valence-electron chi connectivity index (χ2n) is 2.82. The first-order chi connectivity index (χ1) is 6.99. The van der Waals surface area contributed by atoms with Crippen LogP contribution < -0.4 is 0 Å². The van der Waals surface area contributed by atoms with E-state index < -0.39 is 10.9 Å². The van der Waals surface area contributed by atoms with Crippen LogP contribution in [0.15, 0.2) is 12.1 Å². The summed E-state index contributed by atoms with van der Waals surface area (Å²) in [7, 11) is 1.23. The number of nitrogens with zero attached hydrogens (tertiary/aromatic N) is 1. The Hall–Kier alpha value is -1.62. The van der Waals surface area contributed by atoms with E-state index in [4.69, 9.17) is 11.6 Å². The Balaban J connectivity index is 3.33. The molecule has 0 aromatic heterocycles. The molecule has 0 amide bonds. The number of nitro groups is 1. The van der Waals surface area contributed by atoms with Crippen molar-refractivity contribution in [2.24, 2.45) is 0 Å². The maximum Gasteiger partial charge on any atom is 0.338 e. The van der Waals surface area contributed by atoms with Crippen molar-refractivity contribution in [3.63, 3.8) is 0 Å². The maximum absolute atomic E-state index is 11.2. The number of rotatable bonds is 2. The van der Waals surface area contributed by atoms with Crippen LogP contribution in [0, 0.1) is 17.0 Å². The predicted octanol–water partition coefficient (Wildman–Crippen LogP) is 2.34. The largest absolute Gasteiger partial charge is 0.465 e. The number of carbonyl (C=O) groups excluding carboxylic acids is 1. The van der Waals surface area contributed by atoms with Gasteiger partial charge in [0, 0.05) is 6.07 Å². The first-order valence-corrected chi connectivity index (χ1v) is 4.38. The summed E-state index contributed by atoms with van der Waals surface area (Å²) in [6, 6.07) is 2.51. The summed E-state index contributed by atoms with van der Waals surface area (Å²) in [5.74, 6) is -0.565. The van der Waals surface area contributed by atoms with Crippen LogP contribution in [0.2, 0.25) is 5.02 Å². The van der Waals surface area contributed by atoms with Crippen LogP contribution in [0.5, 0.6) is 0 Å². The monoisotopic (exact) mass is 229 g/mol. The SMILES string of the molecule is COC(=O)c1ccc([N+](=O)[O-])c(Cl)c1C. The Morgan fingerprint density at radius 1 is 1.53 bits per heavy atom. The van der Waals surface area contributed by atoms with Gasteiger partial charge in [0.1, 0.15) is 5.02 Å². The Morgan fingerprint density at radius 3 is 2.60 bits per heavy atom. The van der Waals surface area contributed by atoms with Crippen molar-refractivity contribution in [2.75, 3.05) is 7.11 Å². The molecule has 5 nitrogen and oxygen atoms in total. The van der Waals surface area contributed by atoms with Gasteiger partial charge in [-0.1, -0.05) is 11.6 Å². The summed E-state index contributed by atoms with van der Waals surface area (Å²) in [5, 5.41) is 10.5. The molecule has 0 fully saturated rings. The van der Waals surface area contributed by atoms with Crippen molar-refractivity contribution in [3.05, 3.63) is 38.4 Å². The first-order valence-electron chi connectivity index (χ1n) is 4.00. The summed E-state index contributed by atoms with van der Waals surface area (Å²) in [4.78, 5) is 21.1. The summed E-state index contributed by atoms with van der Waals surface area (Å²) < 4.78 is 4.51. The zero-order valence-electron chi connectivity index (χ0n) is 8.11. The fourth-order valence-corrected chi connectivity index (χ4v) is 1.38. The van der Waals surface area contributed by atoms with E-state index in [9.17, 15) is 14.9 Å². The molecule has 0 aliphatic carbocycles. The maximum atomic E-state index is 11.2. The number of halogens is 1. The van der Waals surface area contributed by atoms with Gasteiger partial charge in [-0.15, -0.1) is 0 Å². The average Bonchev–Trinajstić information content (AvgIpc) is 2.20. The van der Waals surface area contributed by atoms with Crippen LogP contribution in [0.25, 0.3) is 0 Å². The van der Waals surface area contributed by atoms with Gasteiger partial charge in [-0.25, -0.2) is 4.79 Å². The highest BCUT2D eigenvalue weighted by molar-refractivity contribution is 6.33. The van der Waals surface area contributed by atoms with E-state index in [-0.39, 0.29) is 16.3 Å². The van der Waals surface area contributed by atoms with E-state index in [1.807, 2.05) is 0 Å². The number of hydrogen-bond donors (Lipinski definition) is 0. The molecule has 1 aromatic rings. The summed E-state index contributed by atoms with van der Waals surface area (Å²) in [5.41, 5.74) is 0.354. The second kappa shape index (κ2) is 4.27. The number of nitro benzene ring substituents is 1. The van der Waals surface area contributed by atoms with Gasteiger partial charge < -0.3 is 4.74 Å². The Bertz CT molecular complexity index is 430. The van der Waals surface area contributed by atoms with E-state index in [0.717, 1.165) is 0 Å². The van der Waals surface area contributed by atoms with E-state index in [2.05, 4.69) is 4.74 Å². The highest BCUT2D eigenvalue weighted by Crippen LogP contribution is 2.29. The zero-order valence-corrected chi connectivity index (χ0v) is 8.87. The molecule has 0 N–H and O–H groups in total. The molecule has 0 spiro atoms. The molecule has 1 aromatic carbocycles. The molecular formula is C9H8ClNO4. The molecule has 0 radical (unpaired) electrons. The van der Waals surface area contributed by atoms with Crippen LogP contribution in [0.4, 0.5) is 5.69 Å². The molecule has 0 aliphatic rings. The quantitative estimate of drug-likeness (QED) is 0.443. The molecule has 1 rings (SSSR count). The normalized spacial score (nSPS) is 9.80. The molecule has 6 heteroatoms. The van der Waals surface area contributed by atoms with Crippen molar-refractivity contribution >= 4 is 23.3 Å². The van der Waals surface area contributed by atoms with Crippen molar-refractivity contribution in [1.82, 2.24) is 0 Å². The van der Waals surface area contributed by atoms with Gasteiger partial charge in [0.25, 0.3) is 5.69 Å². The molecule has 0 unspecified atom stereocenters. The van der Waals surface area contributed by atoms with Crippen LogP contribution in [0.3, 0.4) is 0 Å². The van der Waals surface area contributed by atoms with Gasteiger partial charge in [0.15, 0.2) is 0 Å². The fourth-order valence-electron chi connectivity index (χ4n) is 1.14. The predicted molar refractivity (Wildman–Crippen MR) is 54.2 cm³/mol. The second-order valence-corrected chi connectivity index (χ2v) is 3.20. The lowest BCUT2D eigenvalue weighted by molar-refractivity contribution is -0.384. The molecule has 0 aliphatic heterocycles. The van der Waals surface area contributed by atoms with E-state index in [0.29, 0.717) is 5.56 Å².